The maximum absolute atomic E-state index is 12.4. The number of carbonyl (C=O) groups is 2. The SMILES string of the molecule is CC(C)CN(CCN(C)C)C(=O)CC(C)(C)CC(=O)O. The van der Waals surface area contributed by atoms with Gasteiger partial charge in [0.25, 0.3) is 0 Å². The molecule has 0 rings (SSSR count). The molecule has 0 atom stereocenters. The molecule has 0 aliphatic heterocycles. The fraction of sp³-hybridized carbons (Fsp3) is 0.867. The lowest BCUT2D eigenvalue weighted by Gasteiger charge is -2.30. The third-order valence-corrected chi connectivity index (χ3v) is 3.01. The number of carboxylic acid groups (broad SMARTS) is 1. The summed E-state index contributed by atoms with van der Waals surface area (Å²) in [4.78, 5) is 27.1. The minimum Gasteiger partial charge on any atom is -0.481 e. The molecule has 0 aromatic heterocycles. The molecule has 0 spiro atoms. The zero-order valence-corrected chi connectivity index (χ0v) is 13.8. The molecule has 0 heterocycles. The largest absolute Gasteiger partial charge is 0.481 e. The highest BCUT2D eigenvalue weighted by Crippen LogP contribution is 2.26. The molecule has 0 aliphatic carbocycles. The maximum Gasteiger partial charge on any atom is 0.303 e. The normalized spacial score (nSPS) is 12.0. The molecule has 5 heteroatoms. The number of amides is 1. The molecule has 0 aliphatic rings. The summed E-state index contributed by atoms with van der Waals surface area (Å²) in [5.74, 6) is -0.401. The van der Waals surface area contributed by atoms with Crippen LogP contribution >= 0.6 is 0 Å². The Morgan fingerprint density at radius 3 is 2.05 bits per heavy atom. The molecular formula is C15H30N2O3. The van der Waals surface area contributed by atoms with Crippen LogP contribution in [0.15, 0.2) is 0 Å². The number of carbonyl (C=O) groups excluding carboxylic acids is 1. The minimum absolute atomic E-state index is 0.0158. The van der Waals surface area contributed by atoms with E-state index in [1.807, 2.05) is 37.7 Å². The first kappa shape index (κ1) is 18.9. The van der Waals surface area contributed by atoms with Gasteiger partial charge in [-0.3, -0.25) is 9.59 Å². The first-order valence-electron chi connectivity index (χ1n) is 7.18. The molecule has 0 aromatic rings. The Hall–Kier alpha value is -1.10. The van der Waals surface area contributed by atoms with Crippen molar-refractivity contribution in [2.45, 2.75) is 40.5 Å². The molecule has 0 aromatic carbocycles. The van der Waals surface area contributed by atoms with E-state index in [9.17, 15) is 9.59 Å². The van der Waals surface area contributed by atoms with E-state index in [1.54, 1.807) is 0 Å². The Kier molecular flexibility index (Phi) is 7.79. The molecule has 0 radical (unpaired) electrons. The van der Waals surface area contributed by atoms with E-state index in [-0.39, 0.29) is 18.7 Å². The molecular weight excluding hydrogens is 256 g/mol. The van der Waals surface area contributed by atoms with E-state index in [2.05, 4.69) is 13.8 Å². The minimum atomic E-state index is -0.855. The van der Waals surface area contributed by atoms with Crippen molar-refractivity contribution in [1.82, 2.24) is 9.80 Å². The van der Waals surface area contributed by atoms with Crippen molar-refractivity contribution in [2.75, 3.05) is 33.7 Å². The second kappa shape index (κ2) is 8.25. The zero-order valence-electron chi connectivity index (χ0n) is 13.8. The predicted molar refractivity (Wildman–Crippen MR) is 80.6 cm³/mol. The monoisotopic (exact) mass is 286 g/mol. The topological polar surface area (TPSA) is 60.9 Å². The average molecular weight is 286 g/mol. The van der Waals surface area contributed by atoms with E-state index >= 15 is 0 Å². The van der Waals surface area contributed by atoms with Gasteiger partial charge in [0, 0.05) is 26.1 Å². The maximum atomic E-state index is 12.4. The van der Waals surface area contributed by atoms with Gasteiger partial charge in [-0.2, -0.15) is 0 Å². The van der Waals surface area contributed by atoms with Gasteiger partial charge in [0.15, 0.2) is 0 Å². The highest BCUT2D eigenvalue weighted by Gasteiger charge is 2.27. The summed E-state index contributed by atoms with van der Waals surface area (Å²) in [7, 11) is 3.96. The van der Waals surface area contributed by atoms with Gasteiger partial charge in [0.1, 0.15) is 0 Å². The molecule has 118 valence electrons. The van der Waals surface area contributed by atoms with Crippen LogP contribution in [0.4, 0.5) is 0 Å². The van der Waals surface area contributed by atoms with Gasteiger partial charge in [-0.15, -0.1) is 0 Å². The number of nitrogens with zero attached hydrogens (tertiary/aromatic N) is 2. The summed E-state index contributed by atoms with van der Waals surface area (Å²) in [6.45, 7) is 10.1. The van der Waals surface area contributed by atoms with Gasteiger partial charge in [-0.25, -0.2) is 0 Å². The van der Waals surface area contributed by atoms with Crippen molar-refractivity contribution in [3.8, 4) is 0 Å². The van der Waals surface area contributed by atoms with Gasteiger partial charge in [-0.05, 0) is 25.4 Å². The summed E-state index contributed by atoms with van der Waals surface area (Å²) in [6, 6.07) is 0. The van der Waals surface area contributed by atoms with Crippen molar-refractivity contribution in [3.05, 3.63) is 0 Å². The Labute approximate surface area is 122 Å². The van der Waals surface area contributed by atoms with E-state index in [1.165, 1.54) is 0 Å². The summed E-state index contributed by atoms with van der Waals surface area (Å²) in [5.41, 5.74) is -0.504. The van der Waals surface area contributed by atoms with Gasteiger partial charge in [0.05, 0.1) is 6.42 Å². The Bertz CT molecular complexity index is 325. The lowest BCUT2D eigenvalue weighted by molar-refractivity contribution is -0.140. The van der Waals surface area contributed by atoms with Crippen molar-refractivity contribution in [2.24, 2.45) is 11.3 Å². The standard InChI is InChI=1S/C15H30N2O3/c1-12(2)11-17(8-7-16(5)6)13(18)9-15(3,4)10-14(19)20/h12H,7-11H2,1-6H3,(H,19,20). The first-order chi connectivity index (χ1) is 9.03. The number of likely N-dealkylation sites (N-methyl/N-ethyl adjacent to an activating group) is 1. The summed E-state index contributed by atoms with van der Waals surface area (Å²) in [5, 5.41) is 8.89. The Morgan fingerprint density at radius 1 is 1.10 bits per heavy atom. The van der Waals surface area contributed by atoms with E-state index in [0.29, 0.717) is 12.5 Å². The van der Waals surface area contributed by atoms with Crippen molar-refractivity contribution in [3.63, 3.8) is 0 Å². The Balaban J connectivity index is 4.64. The molecule has 0 fully saturated rings. The van der Waals surface area contributed by atoms with Gasteiger partial charge < -0.3 is 14.9 Å². The van der Waals surface area contributed by atoms with Crippen LogP contribution in [-0.2, 0) is 9.59 Å². The van der Waals surface area contributed by atoms with Crippen LogP contribution in [-0.4, -0.2) is 60.5 Å². The van der Waals surface area contributed by atoms with Crippen LogP contribution < -0.4 is 0 Å². The van der Waals surface area contributed by atoms with Crippen LogP contribution in [0.2, 0.25) is 0 Å². The van der Waals surface area contributed by atoms with E-state index < -0.39 is 11.4 Å². The highest BCUT2D eigenvalue weighted by molar-refractivity contribution is 5.78. The van der Waals surface area contributed by atoms with Gasteiger partial charge >= 0.3 is 5.97 Å². The molecule has 1 N–H and O–H groups in total. The van der Waals surface area contributed by atoms with E-state index in [4.69, 9.17) is 5.11 Å². The number of rotatable bonds is 9. The van der Waals surface area contributed by atoms with Crippen LogP contribution in [0.25, 0.3) is 0 Å². The number of aliphatic carboxylic acids is 1. The summed E-state index contributed by atoms with van der Waals surface area (Å²) >= 11 is 0. The van der Waals surface area contributed by atoms with Gasteiger partial charge in [0.2, 0.25) is 5.91 Å². The van der Waals surface area contributed by atoms with Gasteiger partial charge in [-0.1, -0.05) is 27.7 Å². The smallest absolute Gasteiger partial charge is 0.303 e. The fourth-order valence-electron chi connectivity index (χ4n) is 2.07. The molecule has 0 saturated carbocycles. The highest BCUT2D eigenvalue weighted by atomic mass is 16.4. The Morgan fingerprint density at radius 2 is 1.65 bits per heavy atom. The number of hydrogen-bond acceptors (Lipinski definition) is 3. The fourth-order valence-corrected chi connectivity index (χ4v) is 2.07. The molecule has 1 amide bonds. The zero-order chi connectivity index (χ0) is 15.9. The molecule has 0 saturated heterocycles. The summed E-state index contributed by atoms with van der Waals surface area (Å²) < 4.78 is 0. The lowest BCUT2D eigenvalue weighted by Crippen LogP contribution is -2.40. The second-order valence-electron chi connectivity index (χ2n) is 6.95. The quantitative estimate of drug-likeness (QED) is 0.703. The average Bonchev–Trinajstić information content (AvgIpc) is 2.20. The van der Waals surface area contributed by atoms with Crippen LogP contribution in [0, 0.1) is 11.3 Å². The van der Waals surface area contributed by atoms with Crippen molar-refractivity contribution < 1.29 is 14.7 Å². The number of carboxylic acids is 1. The van der Waals surface area contributed by atoms with E-state index in [0.717, 1.165) is 13.1 Å². The number of hydrogen-bond donors (Lipinski definition) is 1. The molecule has 20 heavy (non-hydrogen) atoms. The third kappa shape index (κ3) is 8.91. The lowest BCUT2D eigenvalue weighted by atomic mass is 9.85. The van der Waals surface area contributed by atoms with Crippen LogP contribution in [0.5, 0.6) is 0 Å². The second-order valence-corrected chi connectivity index (χ2v) is 6.95. The molecule has 0 unspecified atom stereocenters. The molecule has 5 nitrogen and oxygen atoms in total. The van der Waals surface area contributed by atoms with Crippen molar-refractivity contribution in [1.29, 1.82) is 0 Å². The third-order valence-electron chi connectivity index (χ3n) is 3.01. The van der Waals surface area contributed by atoms with Crippen LogP contribution in [0.1, 0.15) is 40.5 Å². The van der Waals surface area contributed by atoms with Crippen LogP contribution in [0.3, 0.4) is 0 Å². The first-order valence-corrected chi connectivity index (χ1v) is 7.18. The molecule has 0 bridgehead atoms. The summed E-state index contributed by atoms with van der Waals surface area (Å²) in [6.07, 6.45) is 0.293. The van der Waals surface area contributed by atoms with Crippen molar-refractivity contribution >= 4 is 11.9 Å². The predicted octanol–water partition coefficient (Wildman–Crippen LogP) is 1.92.